The van der Waals surface area contributed by atoms with E-state index < -0.39 is 23.7 Å². The van der Waals surface area contributed by atoms with Crippen LogP contribution in [0.5, 0.6) is 0 Å². The quantitative estimate of drug-likeness (QED) is 0.870. The van der Waals surface area contributed by atoms with E-state index in [1.807, 2.05) is 24.4 Å². The number of aryl methyl sites for hydroxylation is 2. The molecule has 3 heterocycles. The maximum atomic E-state index is 14.1. The molecule has 0 bridgehead atoms. The maximum Gasteiger partial charge on any atom is 0.396 e. The van der Waals surface area contributed by atoms with Crippen LogP contribution in [-0.4, -0.2) is 34.0 Å². The molecule has 0 saturated carbocycles. The van der Waals surface area contributed by atoms with E-state index >= 15 is 0 Å². The fraction of sp³-hybridized carbons (Fsp3) is 0.357. The van der Waals surface area contributed by atoms with Crippen molar-refractivity contribution in [1.29, 1.82) is 0 Å². The smallest absolute Gasteiger partial charge is 0.396 e. The van der Waals surface area contributed by atoms with Crippen LogP contribution >= 0.6 is 0 Å². The SMILES string of the molecule is Cc1cc(C)n2c1C=C1C(F)=C(F)C(CCC(=O)O)N1[B]2. The second-order valence-corrected chi connectivity index (χ2v) is 5.39. The van der Waals surface area contributed by atoms with Crippen molar-refractivity contribution in [1.82, 2.24) is 9.29 Å². The lowest BCUT2D eigenvalue weighted by Gasteiger charge is -2.31. The lowest BCUT2D eigenvalue weighted by molar-refractivity contribution is -0.137. The average Bonchev–Trinajstić information content (AvgIpc) is 2.83. The molecule has 0 amide bonds. The first-order valence-corrected chi connectivity index (χ1v) is 6.71. The van der Waals surface area contributed by atoms with Crippen LogP contribution in [0.3, 0.4) is 0 Å². The number of aliphatic carboxylic acids is 1. The monoisotopic (exact) mass is 291 g/mol. The van der Waals surface area contributed by atoms with Crippen LogP contribution in [0.15, 0.2) is 23.4 Å². The molecule has 1 aromatic rings. The molecule has 2 aliphatic rings. The van der Waals surface area contributed by atoms with E-state index in [0.29, 0.717) is 0 Å². The zero-order valence-corrected chi connectivity index (χ0v) is 11.7. The first kappa shape index (κ1) is 13.9. The zero-order chi connectivity index (χ0) is 15.3. The minimum absolute atomic E-state index is 0.0249. The molecule has 1 unspecified atom stereocenters. The number of halogens is 2. The third-order valence-corrected chi connectivity index (χ3v) is 3.95. The second kappa shape index (κ2) is 4.75. The number of rotatable bonds is 3. The highest BCUT2D eigenvalue weighted by atomic mass is 19.2. The Bertz CT molecular complexity index is 693. The summed E-state index contributed by atoms with van der Waals surface area (Å²) >= 11 is 0. The van der Waals surface area contributed by atoms with Crippen molar-refractivity contribution < 1.29 is 18.7 Å². The van der Waals surface area contributed by atoms with Gasteiger partial charge in [-0.15, -0.1) is 0 Å². The van der Waals surface area contributed by atoms with Gasteiger partial charge in [-0.3, -0.25) is 4.79 Å². The second-order valence-electron chi connectivity index (χ2n) is 5.39. The number of hydrogen-bond donors (Lipinski definition) is 1. The minimum Gasteiger partial charge on any atom is -0.481 e. The van der Waals surface area contributed by atoms with E-state index in [9.17, 15) is 13.6 Å². The predicted molar refractivity (Wildman–Crippen MR) is 74.8 cm³/mol. The molecular weight excluding hydrogens is 277 g/mol. The Morgan fingerprint density at radius 2 is 2.14 bits per heavy atom. The summed E-state index contributed by atoms with van der Waals surface area (Å²) in [6.07, 6.45) is 1.43. The van der Waals surface area contributed by atoms with Crippen molar-refractivity contribution in [3.8, 4) is 0 Å². The molecule has 0 saturated heterocycles. The topological polar surface area (TPSA) is 45.5 Å². The largest absolute Gasteiger partial charge is 0.481 e. The fourth-order valence-corrected chi connectivity index (χ4v) is 2.91. The van der Waals surface area contributed by atoms with Crippen LogP contribution in [-0.2, 0) is 4.79 Å². The Balaban J connectivity index is 1.99. The molecule has 7 heteroatoms. The molecule has 1 radical (unpaired) electrons. The number of fused-ring (bicyclic) bond motifs is 2. The van der Waals surface area contributed by atoms with Gasteiger partial charge >= 0.3 is 13.5 Å². The zero-order valence-electron chi connectivity index (χ0n) is 11.7. The van der Waals surface area contributed by atoms with E-state index in [0.717, 1.165) is 17.0 Å². The van der Waals surface area contributed by atoms with E-state index in [4.69, 9.17) is 5.11 Å². The van der Waals surface area contributed by atoms with Crippen LogP contribution < -0.4 is 0 Å². The van der Waals surface area contributed by atoms with E-state index in [1.165, 1.54) is 4.81 Å². The summed E-state index contributed by atoms with van der Waals surface area (Å²) in [6, 6.07) is 1.08. The molecule has 1 N–H and O–H groups in total. The van der Waals surface area contributed by atoms with Crippen molar-refractivity contribution in [3.05, 3.63) is 40.4 Å². The molecule has 0 aromatic carbocycles. The van der Waals surface area contributed by atoms with Crippen molar-refractivity contribution >= 4 is 19.6 Å². The number of carbonyl (C=O) groups is 1. The number of aromatic nitrogens is 1. The first-order valence-electron chi connectivity index (χ1n) is 6.71. The molecule has 1 atom stereocenters. The van der Waals surface area contributed by atoms with Crippen LogP contribution in [0.1, 0.15) is 29.8 Å². The van der Waals surface area contributed by atoms with Gasteiger partial charge in [-0.1, -0.05) is 0 Å². The van der Waals surface area contributed by atoms with Gasteiger partial charge in [0.15, 0.2) is 11.7 Å². The van der Waals surface area contributed by atoms with Crippen molar-refractivity contribution in [2.45, 2.75) is 32.7 Å². The Labute approximate surface area is 121 Å². The molecule has 2 aliphatic heterocycles. The van der Waals surface area contributed by atoms with Gasteiger partial charge < -0.3 is 14.4 Å². The summed E-state index contributed by atoms with van der Waals surface area (Å²) in [5.41, 5.74) is 2.93. The van der Waals surface area contributed by atoms with Gasteiger partial charge in [0.1, 0.15) is 0 Å². The number of allylic oxidation sites excluding steroid dienone is 1. The van der Waals surface area contributed by atoms with E-state index in [-0.39, 0.29) is 18.5 Å². The molecular formula is C14H14BF2N2O2. The summed E-state index contributed by atoms with van der Waals surface area (Å²) in [5.74, 6) is -2.81. The van der Waals surface area contributed by atoms with Gasteiger partial charge in [0.25, 0.3) is 0 Å². The molecule has 21 heavy (non-hydrogen) atoms. The Kier molecular flexibility index (Phi) is 3.15. The number of hydrogen-bond acceptors (Lipinski definition) is 2. The lowest BCUT2D eigenvalue weighted by atomic mass is 9.96. The van der Waals surface area contributed by atoms with Crippen LogP contribution in [0.2, 0.25) is 0 Å². The minimum atomic E-state index is -1.02. The number of carboxylic acids is 1. The van der Waals surface area contributed by atoms with Crippen molar-refractivity contribution in [3.63, 3.8) is 0 Å². The average molecular weight is 291 g/mol. The molecule has 0 aliphatic carbocycles. The number of nitrogens with zero attached hydrogens (tertiary/aromatic N) is 2. The molecule has 3 rings (SSSR count). The highest BCUT2D eigenvalue weighted by Crippen LogP contribution is 2.40. The van der Waals surface area contributed by atoms with Crippen molar-refractivity contribution in [2.24, 2.45) is 0 Å². The van der Waals surface area contributed by atoms with Crippen LogP contribution in [0, 0.1) is 13.8 Å². The van der Waals surface area contributed by atoms with E-state index in [1.54, 1.807) is 13.6 Å². The molecule has 0 fully saturated rings. The van der Waals surface area contributed by atoms with E-state index in [2.05, 4.69) is 0 Å². The summed E-state index contributed by atoms with van der Waals surface area (Å²) < 4.78 is 30.0. The maximum absolute atomic E-state index is 14.1. The molecule has 109 valence electrons. The summed E-state index contributed by atoms with van der Waals surface area (Å²) in [6.45, 7) is 3.82. The Morgan fingerprint density at radius 1 is 1.43 bits per heavy atom. The summed E-state index contributed by atoms with van der Waals surface area (Å²) in [5, 5.41) is 8.75. The predicted octanol–water partition coefficient (Wildman–Crippen LogP) is 2.54. The van der Waals surface area contributed by atoms with Crippen molar-refractivity contribution in [2.75, 3.05) is 0 Å². The van der Waals surface area contributed by atoms with Gasteiger partial charge in [-0.2, -0.15) is 0 Å². The van der Waals surface area contributed by atoms with Gasteiger partial charge in [-0.05, 0) is 38.0 Å². The van der Waals surface area contributed by atoms with Gasteiger partial charge in [0.05, 0.1) is 11.7 Å². The third kappa shape index (κ3) is 2.07. The molecule has 4 nitrogen and oxygen atoms in total. The van der Waals surface area contributed by atoms with Crippen LogP contribution in [0.4, 0.5) is 8.78 Å². The number of carboxylic acid groups (broad SMARTS) is 1. The van der Waals surface area contributed by atoms with Gasteiger partial charge in [0.2, 0.25) is 0 Å². The third-order valence-electron chi connectivity index (χ3n) is 3.95. The Morgan fingerprint density at radius 3 is 2.81 bits per heavy atom. The lowest BCUT2D eigenvalue weighted by Crippen LogP contribution is -2.40. The van der Waals surface area contributed by atoms with Gasteiger partial charge in [-0.25, -0.2) is 8.78 Å². The summed E-state index contributed by atoms with van der Waals surface area (Å²) in [7, 11) is 1.64. The normalized spacial score (nSPS) is 20.1. The molecule has 0 spiro atoms. The van der Waals surface area contributed by atoms with Crippen LogP contribution in [0.25, 0.3) is 6.08 Å². The highest BCUT2D eigenvalue weighted by Gasteiger charge is 2.40. The Hall–Kier alpha value is -2.05. The standard InChI is InChI=1S/C14H14BF2N2O2/c1-7-5-8(2)18-10(7)6-11-14(17)13(16)9(19(11)15-18)3-4-12(20)21/h5-6,9H,3-4H2,1-2H3,(H,20,21). The molecule has 1 aromatic heterocycles. The first-order chi connectivity index (χ1) is 9.90. The summed E-state index contributed by atoms with van der Waals surface area (Å²) in [4.78, 5) is 12.2. The highest BCUT2D eigenvalue weighted by molar-refractivity contribution is 6.33. The van der Waals surface area contributed by atoms with Gasteiger partial charge in [0, 0.05) is 17.8 Å². The fourth-order valence-electron chi connectivity index (χ4n) is 2.91.